The Bertz CT molecular complexity index is 1370. The van der Waals surface area contributed by atoms with Crippen LogP contribution in [-0.2, 0) is 11.3 Å². The molecule has 0 bridgehead atoms. The molecule has 1 amide bonds. The number of ether oxygens (including phenoxy) is 1. The van der Waals surface area contributed by atoms with E-state index in [-0.39, 0.29) is 24.1 Å². The third-order valence-electron chi connectivity index (χ3n) is 6.15. The van der Waals surface area contributed by atoms with Crippen molar-refractivity contribution in [2.24, 2.45) is 0 Å². The molecule has 2 aromatic heterocycles. The standard InChI is InChI=1S/C27H26F2N6O2/c1-2-37-23-11-12-30-24(17-23)33-13-15-34(16-14-33)25(36)18-35-27(20-5-9-22(29)10-6-20)31-26(32-35)19-3-7-21(28)8-4-19/h3-12,17H,2,13-16,18H2,1H3. The Hall–Kier alpha value is -4.34. The molecule has 0 atom stereocenters. The lowest BCUT2D eigenvalue weighted by molar-refractivity contribution is -0.132. The summed E-state index contributed by atoms with van der Waals surface area (Å²) >= 11 is 0. The van der Waals surface area contributed by atoms with Gasteiger partial charge < -0.3 is 14.5 Å². The van der Waals surface area contributed by atoms with E-state index in [2.05, 4.69) is 20.0 Å². The first-order valence-corrected chi connectivity index (χ1v) is 12.1. The Morgan fingerprint density at radius 3 is 2.22 bits per heavy atom. The van der Waals surface area contributed by atoms with Crippen LogP contribution < -0.4 is 9.64 Å². The van der Waals surface area contributed by atoms with E-state index in [0.29, 0.717) is 55.6 Å². The molecule has 5 rings (SSSR count). The van der Waals surface area contributed by atoms with Gasteiger partial charge in [-0.25, -0.2) is 23.4 Å². The number of hydrogen-bond donors (Lipinski definition) is 0. The van der Waals surface area contributed by atoms with Crippen molar-refractivity contribution in [2.75, 3.05) is 37.7 Å². The number of amides is 1. The smallest absolute Gasteiger partial charge is 0.244 e. The lowest BCUT2D eigenvalue weighted by Gasteiger charge is -2.35. The molecule has 10 heteroatoms. The van der Waals surface area contributed by atoms with E-state index >= 15 is 0 Å². The molecule has 0 unspecified atom stereocenters. The quantitative estimate of drug-likeness (QED) is 0.378. The minimum Gasteiger partial charge on any atom is -0.494 e. The normalized spacial score (nSPS) is 13.6. The SMILES string of the molecule is CCOc1ccnc(N2CCN(C(=O)Cn3nc(-c4ccc(F)cc4)nc3-c3ccc(F)cc3)CC2)c1. The number of halogens is 2. The third kappa shape index (κ3) is 5.58. The zero-order chi connectivity index (χ0) is 25.8. The summed E-state index contributed by atoms with van der Waals surface area (Å²) in [4.78, 5) is 26.2. The van der Waals surface area contributed by atoms with Gasteiger partial charge in [-0.05, 0) is 61.5 Å². The number of carbonyl (C=O) groups is 1. The minimum atomic E-state index is -0.371. The van der Waals surface area contributed by atoms with Crippen molar-refractivity contribution in [1.29, 1.82) is 0 Å². The number of hydrogen-bond acceptors (Lipinski definition) is 6. The molecule has 1 aliphatic rings. The first-order chi connectivity index (χ1) is 18.0. The number of anilines is 1. The van der Waals surface area contributed by atoms with Crippen molar-refractivity contribution in [3.05, 3.63) is 78.5 Å². The number of rotatable bonds is 7. The van der Waals surface area contributed by atoms with Gasteiger partial charge in [0.2, 0.25) is 5.91 Å². The highest BCUT2D eigenvalue weighted by atomic mass is 19.1. The van der Waals surface area contributed by atoms with E-state index in [1.54, 1.807) is 35.4 Å². The van der Waals surface area contributed by atoms with Crippen molar-refractivity contribution in [2.45, 2.75) is 13.5 Å². The van der Waals surface area contributed by atoms with Crippen LogP contribution in [0.2, 0.25) is 0 Å². The van der Waals surface area contributed by atoms with Gasteiger partial charge in [-0.1, -0.05) is 0 Å². The average Bonchev–Trinajstić information content (AvgIpc) is 3.33. The molecule has 0 N–H and O–H groups in total. The maximum atomic E-state index is 13.5. The summed E-state index contributed by atoms with van der Waals surface area (Å²) in [5, 5.41) is 4.54. The molecule has 3 heterocycles. The van der Waals surface area contributed by atoms with Gasteiger partial charge in [-0.2, -0.15) is 0 Å². The highest BCUT2D eigenvalue weighted by Crippen LogP contribution is 2.24. The summed E-state index contributed by atoms with van der Waals surface area (Å²) in [6, 6.07) is 15.4. The fraction of sp³-hybridized carbons (Fsp3) is 0.259. The topological polar surface area (TPSA) is 76.4 Å². The highest BCUT2D eigenvalue weighted by molar-refractivity contribution is 5.77. The number of aromatic nitrogens is 4. The van der Waals surface area contributed by atoms with E-state index < -0.39 is 0 Å². The predicted octanol–water partition coefficient (Wildman–Crippen LogP) is 4.03. The third-order valence-corrected chi connectivity index (χ3v) is 6.15. The fourth-order valence-electron chi connectivity index (χ4n) is 4.23. The number of piperazine rings is 1. The summed E-state index contributed by atoms with van der Waals surface area (Å²) < 4.78 is 34.0. The molecule has 0 spiro atoms. The molecule has 190 valence electrons. The maximum absolute atomic E-state index is 13.5. The fourth-order valence-corrected chi connectivity index (χ4v) is 4.23. The molecule has 0 saturated carbocycles. The van der Waals surface area contributed by atoms with Gasteiger partial charge in [0.1, 0.15) is 29.7 Å². The zero-order valence-corrected chi connectivity index (χ0v) is 20.3. The Balaban J connectivity index is 1.32. The van der Waals surface area contributed by atoms with Crippen LogP contribution in [0.5, 0.6) is 5.75 Å². The largest absolute Gasteiger partial charge is 0.494 e. The molecular weight excluding hydrogens is 478 g/mol. The van der Waals surface area contributed by atoms with Crippen molar-refractivity contribution < 1.29 is 18.3 Å². The van der Waals surface area contributed by atoms with Gasteiger partial charge in [0.15, 0.2) is 11.6 Å². The van der Waals surface area contributed by atoms with Gasteiger partial charge >= 0.3 is 0 Å². The van der Waals surface area contributed by atoms with Crippen LogP contribution in [0, 0.1) is 11.6 Å². The van der Waals surface area contributed by atoms with E-state index in [1.807, 2.05) is 19.1 Å². The van der Waals surface area contributed by atoms with E-state index in [0.717, 1.165) is 11.6 Å². The molecule has 1 fully saturated rings. The van der Waals surface area contributed by atoms with E-state index in [1.165, 1.54) is 28.9 Å². The molecular formula is C27H26F2N6O2. The van der Waals surface area contributed by atoms with E-state index in [4.69, 9.17) is 4.74 Å². The molecule has 1 saturated heterocycles. The summed E-state index contributed by atoms with van der Waals surface area (Å²) in [6.45, 7) is 4.82. The van der Waals surface area contributed by atoms with Crippen LogP contribution >= 0.6 is 0 Å². The second kappa shape index (κ2) is 10.7. The van der Waals surface area contributed by atoms with Crippen LogP contribution in [0.3, 0.4) is 0 Å². The van der Waals surface area contributed by atoms with Crippen molar-refractivity contribution >= 4 is 11.7 Å². The second-order valence-corrected chi connectivity index (χ2v) is 8.58. The molecule has 0 radical (unpaired) electrons. The van der Waals surface area contributed by atoms with Crippen LogP contribution in [0.1, 0.15) is 6.92 Å². The summed E-state index contributed by atoms with van der Waals surface area (Å²) in [5.74, 6) is 1.54. The van der Waals surface area contributed by atoms with Crippen molar-refractivity contribution in [3.8, 4) is 28.5 Å². The Morgan fingerprint density at radius 2 is 1.57 bits per heavy atom. The van der Waals surface area contributed by atoms with Crippen molar-refractivity contribution in [3.63, 3.8) is 0 Å². The summed E-state index contributed by atoms with van der Waals surface area (Å²) in [7, 11) is 0. The van der Waals surface area contributed by atoms with Gasteiger partial charge in [0.25, 0.3) is 0 Å². The van der Waals surface area contributed by atoms with Crippen LogP contribution in [-0.4, -0.2) is 63.3 Å². The van der Waals surface area contributed by atoms with Crippen LogP contribution in [0.25, 0.3) is 22.8 Å². The monoisotopic (exact) mass is 504 g/mol. The maximum Gasteiger partial charge on any atom is 0.244 e. The van der Waals surface area contributed by atoms with Crippen LogP contribution in [0.15, 0.2) is 66.9 Å². The molecule has 0 aliphatic carbocycles. The summed E-state index contributed by atoms with van der Waals surface area (Å²) in [6.07, 6.45) is 1.72. The average molecular weight is 505 g/mol. The highest BCUT2D eigenvalue weighted by Gasteiger charge is 2.24. The predicted molar refractivity (Wildman–Crippen MR) is 135 cm³/mol. The number of pyridine rings is 1. The number of carbonyl (C=O) groups excluding carboxylic acids is 1. The zero-order valence-electron chi connectivity index (χ0n) is 20.3. The number of benzene rings is 2. The first-order valence-electron chi connectivity index (χ1n) is 12.1. The van der Waals surface area contributed by atoms with Gasteiger partial charge in [0.05, 0.1) is 6.61 Å². The molecule has 2 aromatic carbocycles. The van der Waals surface area contributed by atoms with Crippen molar-refractivity contribution in [1.82, 2.24) is 24.6 Å². The minimum absolute atomic E-state index is 0.0288. The van der Waals surface area contributed by atoms with Crippen LogP contribution in [0.4, 0.5) is 14.6 Å². The van der Waals surface area contributed by atoms with E-state index in [9.17, 15) is 13.6 Å². The Morgan fingerprint density at radius 1 is 0.919 bits per heavy atom. The molecule has 4 aromatic rings. The second-order valence-electron chi connectivity index (χ2n) is 8.58. The lowest BCUT2D eigenvalue weighted by atomic mass is 10.2. The molecule has 37 heavy (non-hydrogen) atoms. The van der Waals surface area contributed by atoms with Gasteiger partial charge in [0, 0.05) is 49.6 Å². The Labute approximate surface area is 213 Å². The first kappa shape index (κ1) is 24.4. The Kier molecular flexibility index (Phi) is 7.07. The number of nitrogens with zero attached hydrogens (tertiary/aromatic N) is 6. The summed E-state index contributed by atoms with van der Waals surface area (Å²) in [5.41, 5.74) is 1.24. The van der Waals surface area contributed by atoms with Gasteiger partial charge in [-0.3, -0.25) is 4.79 Å². The molecule has 8 nitrogen and oxygen atoms in total. The molecule has 1 aliphatic heterocycles. The lowest BCUT2D eigenvalue weighted by Crippen LogP contribution is -2.50. The van der Waals surface area contributed by atoms with Gasteiger partial charge in [-0.15, -0.1) is 5.10 Å².